The van der Waals surface area contributed by atoms with E-state index in [-0.39, 0.29) is 24.1 Å². The predicted octanol–water partition coefficient (Wildman–Crippen LogP) is 3.53. The van der Waals surface area contributed by atoms with Gasteiger partial charge in [-0.25, -0.2) is 4.98 Å². The van der Waals surface area contributed by atoms with Gasteiger partial charge in [-0.1, -0.05) is 54.6 Å². The number of para-hydroxylation sites is 3. The fraction of sp³-hybridized carbons (Fsp3) is 0.120. The Balaban J connectivity index is 1.52. The molecule has 0 aliphatic heterocycles. The van der Waals surface area contributed by atoms with Gasteiger partial charge in [-0.3, -0.25) is 19.0 Å². The molecule has 0 bridgehead atoms. The molecule has 160 valence electrons. The summed E-state index contributed by atoms with van der Waals surface area (Å²) < 4.78 is 1.36. The zero-order valence-electron chi connectivity index (χ0n) is 17.5. The van der Waals surface area contributed by atoms with Crippen molar-refractivity contribution in [1.29, 1.82) is 0 Å². The smallest absolute Gasteiger partial charge is 0.269 e. The lowest BCUT2D eigenvalue weighted by molar-refractivity contribution is -0.116. The Hall–Kier alpha value is -4.26. The molecule has 0 unspecified atom stereocenters. The molecule has 0 spiro atoms. The van der Waals surface area contributed by atoms with Crippen molar-refractivity contribution in [1.82, 2.24) is 14.9 Å². The maximum absolute atomic E-state index is 12.9. The summed E-state index contributed by atoms with van der Waals surface area (Å²) in [5, 5.41) is 5.72. The Morgan fingerprint density at radius 3 is 2.44 bits per heavy atom. The van der Waals surface area contributed by atoms with Crippen molar-refractivity contribution in [3.8, 4) is 0 Å². The molecule has 0 fully saturated rings. The van der Waals surface area contributed by atoms with E-state index in [1.54, 1.807) is 42.5 Å². The largest absolute Gasteiger partial charge is 0.345 e. The maximum atomic E-state index is 12.9. The Bertz CT molecular complexity index is 1330. The molecule has 32 heavy (non-hydrogen) atoms. The summed E-state index contributed by atoms with van der Waals surface area (Å²) in [6.45, 7) is 1.70. The average molecular weight is 426 g/mol. The van der Waals surface area contributed by atoms with E-state index in [0.29, 0.717) is 22.3 Å². The molecule has 1 atom stereocenters. The molecule has 0 saturated heterocycles. The number of carbonyl (C=O) groups excluding carboxylic acids is 2. The number of hydrogen-bond donors (Lipinski definition) is 2. The number of anilines is 1. The molecule has 4 aromatic rings. The zero-order valence-corrected chi connectivity index (χ0v) is 17.5. The van der Waals surface area contributed by atoms with Crippen molar-refractivity contribution in [2.45, 2.75) is 19.5 Å². The minimum atomic E-state index is -0.417. The van der Waals surface area contributed by atoms with E-state index in [1.165, 1.54) is 10.8 Å². The van der Waals surface area contributed by atoms with Crippen LogP contribution in [0.3, 0.4) is 0 Å². The second kappa shape index (κ2) is 9.26. The van der Waals surface area contributed by atoms with Gasteiger partial charge in [0, 0.05) is 0 Å². The van der Waals surface area contributed by atoms with Crippen molar-refractivity contribution >= 4 is 28.5 Å². The second-order valence-corrected chi connectivity index (χ2v) is 7.37. The van der Waals surface area contributed by atoms with E-state index < -0.39 is 5.91 Å². The minimum absolute atomic E-state index is 0.196. The van der Waals surface area contributed by atoms with Crippen molar-refractivity contribution in [3.05, 3.63) is 107 Å². The standard InChI is InChI=1S/C25H22N4O3/c1-17(18-9-3-2-4-10-18)27-25(32)19-11-5-6-12-20(19)28-23(30)16-29-22-14-8-7-13-21(22)26-15-24(29)31/h2-15,17H,16H2,1H3,(H,27,32)(H,28,30)/t17-/m1/s1. The Labute approximate surface area is 184 Å². The first kappa shape index (κ1) is 21.0. The molecule has 0 aliphatic carbocycles. The number of aromatic nitrogens is 2. The Morgan fingerprint density at radius 2 is 1.62 bits per heavy atom. The van der Waals surface area contributed by atoms with Crippen LogP contribution in [0, 0.1) is 0 Å². The van der Waals surface area contributed by atoms with Crippen LogP contribution < -0.4 is 16.2 Å². The van der Waals surface area contributed by atoms with Crippen LogP contribution in [-0.4, -0.2) is 21.4 Å². The number of fused-ring (bicyclic) bond motifs is 1. The van der Waals surface area contributed by atoms with Crippen LogP contribution in [-0.2, 0) is 11.3 Å². The van der Waals surface area contributed by atoms with E-state index in [2.05, 4.69) is 15.6 Å². The molecule has 2 N–H and O–H groups in total. The number of nitrogens with zero attached hydrogens (tertiary/aromatic N) is 2. The normalized spacial score (nSPS) is 11.7. The van der Waals surface area contributed by atoms with Gasteiger partial charge in [-0.2, -0.15) is 0 Å². The van der Waals surface area contributed by atoms with Crippen LogP contribution in [0.1, 0.15) is 28.9 Å². The van der Waals surface area contributed by atoms with E-state index in [1.807, 2.05) is 43.3 Å². The number of hydrogen-bond acceptors (Lipinski definition) is 4. The fourth-order valence-electron chi connectivity index (χ4n) is 3.50. The number of rotatable bonds is 6. The maximum Gasteiger partial charge on any atom is 0.269 e. The van der Waals surface area contributed by atoms with Gasteiger partial charge in [-0.05, 0) is 36.8 Å². The highest BCUT2D eigenvalue weighted by Crippen LogP contribution is 2.18. The topological polar surface area (TPSA) is 93.1 Å². The summed E-state index contributed by atoms with van der Waals surface area (Å²) in [5.41, 5.74) is 2.51. The summed E-state index contributed by atoms with van der Waals surface area (Å²) in [5.74, 6) is -0.719. The number of carbonyl (C=O) groups is 2. The van der Waals surface area contributed by atoms with Crippen LogP contribution in [0.15, 0.2) is 89.9 Å². The van der Waals surface area contributed by atoms with Crippen LogP contribution in [0.4, 0.5) is 5.69 Å². The molecule has 3 aromatic carbocycles. The monoisotopic (exact) mass is 426 g/mol. The van der Waals surface area contributed by atoms with Crippen LogP contribution in [0.2, 0.25) is 0 Å². The summed E-state index contributed by atoms with van der Waals surface area (Å²) in [6.07, 6.45) is 1.20. The predicted molar refractivity (Wildman–Crippen MR) is 123 cm³/mol. The van der Waals surface area contributed by atoms with Gasteiger partial charge in [0.2, 0.25) is 5.91 Å². The molecule has 7 heteroatoms. The van der Waals surface area contributed by atoms with E-state index >= 15 is 0 Å². The lowest BCUT2D eigenvalue weighted by atomic mass is 10.1. The minimum Gasteiger partial charge on any atom is -0.345 e. The molecular weight excluding hydrogens is 404 g/mol. The fourth-order valence-corrected chi connectivity index (χ4v) is 3.50. The highest BCUT2D eigenvalue weighted by molar-refractivity contribution is 6.04. The third-order valence-corrected chi connectivity index (χ3v) is 5.15. The first-order chi connectivity index (χ1) is 15.5. The lowest BCUT2D eigenvalue weighted by Gasteiger charge is -2.17. The molecule has 1 aromatic heterocycles. The zero-order chi connectivity index (χ0) is 22.5. The van der Waals surface area contributed by atoms with Crippen molar-refractivity contribution in [2.24, 2.45) is 0 Å². The Kier molecular flexibility index (Phi) is 6.07. The van der Waals surface area contributed by atoms with Gasteiger partial charge in [-0.15, -0.1) is 0 Å². The Morgan fingerprint density at radius 1 is 0.938 bits per heavy atom. The van der Waals surface area contributed by atoms with E-state index in [9.17, 15) is 14.4 Å². The highest BCUT2D eigenvalue weighted by Gasteiger charge is 2.17. The van der Waals surface area contributed by atoms with Crippen molar-refractivity contribution in [3.63, 3.8) is 0 Å². The molecule has 0 saturated carbocycles. The lowest BCUT2D eigenvalue weighted by Crippen LogP contribution is -2.30. The van der Waals surface area contributed by atoms with Crippen LogP contribution >= 0.6 is 0 Å². The van der Waals surface area contributed by atoms with Gasteiger partial charge in [0.1, 0.15) is 6.54 Å². The van der Waals surface area contributed by atoms with Gasteiger partial charge in [0.15, 0.2) is 0 Å². The summed E-state index contributed by atoms with van der Waals surface area (Å²) in [6, 6.07) is 23.3. The van der Waals surface area contributed by atoms with Gasteiger partial charge in [0.25, 0.3) is 11.5 Å². The summed E-state index contributed by atoms with van der Waals surface area (Å²) >= 11 is 0. The first-order valence-electron chi connectivity index (χ1n) is 10.2. The third kappa shape index (κ3) is 4.57. The van der Waals surface area contributed by atoms with Crippen LogP contribution in [0.25, 0.3) is 11.0 Å². The molecule has 7 nitrogen and oxygen atoms in total. The van der Waals surface area contributed by atoms with Gasteiger partial charge < -0.3 is 10.6 Å². The SMILES string of the molecule is C[C@@H](NC(=O)c1ccccc1NC(=O)Cn1c(=O)cnc2ccccc21)c1ccccc1. The quantitative estimate of drug-likeness (QED) is 0.493. The third-order valence-electron chi connectivity index (χ3n) is 5.15. The van der Waals surface area contributed by atoms with Gasteiger partial charge in [0.05, 0.1) is 34.5 Å². The van der Waals surface area contributed by atoms with Gasteiger partial charge >= 0.3 is 0 Å². The second-order valence-electron chi connectivity index (χ2n) is 7.37. The summed E-state index contributed by atoms with van der Waals surface area (Å²) in [7, 11) is 0. The molecule has 4 rings (SSSR count). The van der Waals surface area contributed by atoms with Crippen molar-refractivity contribution in [2.75, 3.05) is 5.32 Å². The van der Waals surface area contributed by atoms with Crippen molar-refractivity contribution < 1.29 is 9.59 Å². The molecule has 0 radical (unpaired) electrons. The first-order valence-corrected chi connectivity index (χ1v) is 10.2. The number of benzene rings is 3. The van der Waals surface area contributed by atoms with Crippen LogP contribution in [0.5, 0.6) is 0 Å². The van der Waals surface area contributed by atoms with E-state index in [0.717, 1.165) is 5.56 Å². The molecular formula is C25H22N4O3. The highest BCUT2D eigenvalue weighted by atomic mass is 16.2. The molecule has 1 heterocycles. The molecule has 0 aliphatic rings. The number of nitrogens with one attached hydrogen (secondary N) is 2. The average Bonchev–Trinajstić information content (AvgIpc) is 2.82. The van der Waals surface area contributed by atoms with E-state index in [4.69, 9.17) is 0 Å². The number of amides is 2. The molecule has 2 amide bonds. The summed E-state index contributed by atoms with van der Waals surface area (Å²) in [4.78, 5) is 42.1.